The summed E-state index contributed by atoms with van der Waals surface area (Å²) >= 11 is 0. The van der Waals surface area contributed by atoms with Crippen LogP contribution in [-0.4, -0.2) is 30.0 Å². The lowest BCUT2D eigenvalue weighted by Gasteiger charge is -2.34. The number of fused-ring (bicyclic) bond motifs is 2. The Labute approximate surface area is 136 Å². The van der Waals surface area contributed by atoms with E-state index in [9.17, 15) is 9.18 Å². The van der Waals surface area contributed by atoms with Crippen molar-refractivity contribution in [3.8, 4) is 5.75 Å². The molecule has 1 aromatic carbocycles. The third-order valence-electron chi connectivity index (χ3n) is 5.48. The van der Waals surface area contributed by atoms with E-state index in [-0.39, 0.29) is 17.8 Å². The first-order chi connectivity index (χ1) is 11.2. The highest BCUT2D eigenvalue weighted by atomic mass is 19.1. The van der Waals surface area contributed by atoms with Crippen molar-refractivity contribution in [2.24, 2.45) is 17.8 Å². The summed E-state index contributed by atoms with van der Waals surface area (Å²) in [5.74, 6) is 1.58. The fourth-order valence-electron chi connectivity index (χ4n) is 4.21. The molecule has 1 aliphatic heterocycles. The molecule has 1 amide bonds. The fourth-order valence-corrected chi connectivity index (χ4v) is 4.21. The van der Waals surface area contributed by atoms with E-state index in [1.807, 2.05) is 4.90 Å². The first kappa shape index (κ1) is 14.7. The number of halogens is 1. The molecule has 1 saturated heterocycles. The lowest BCUT2D eigenvalue weighted by Crippen LogP contribution is -2.45. The van der Waals surface area contributed by atoms with Crippen LogP contribution < -0.4 is 4.74 Å². The van der Waals surface area contributed by atoms with Gasteiger partial charge in [-0.25, -0.2) is 4.39 Å². The molecule has 1 saturated carbocycles. The third-order valence-corrected chi connectivity index (χ3v) is 5.48. The number of rotatable bonds is 3. The number of allylic oxidation sites excluding steroid dienone is 2. The number of nitrogens with zero attached hydrogens (tertiary/aromatic N) is 1. The minimum atomic E-state index is -0.320. The molecule has 4 rings (SSSR count). The van der Waals surface area contributed by atoms with Crippen molar-refractivity contribution in [3.05, 3.63) is 42.2 Å². The average molecular weight is 315 g/mol. The lowest BCUT2D eigenvalue weighted by molar-refractivity contribution is -0.138. The van der Waals surface area contributed by atoms with Gasteiger partial charge in [-0.1, -0.05) is 24.3 Å². The number of carbonyl (C=O) groups is 1. The molecule has 0 spiro atoms. The molecule has 122 valence electrons. The Kier molecular flexibility index (Phi) is 3.83. The van der Waals surface area contributed by atoms with E-state index in [1.165, 1.54) is 6.07 Å². The molecule has 0 radical (unpaired) electrons. The smallest absolute Gasteiger partial charge is 0.226 e. The highest BCUT2D eigenvalue weighted by Gasteiger charge is 2.42. The van der Waals surface area contributed by atoms with E-state index >= 15 is 0 Å². The lowest BCUT2D eigenvalue weighted by atomic mass is 9.91. The van der Waals surface area contributed by atoms with Gasteiger partial charge in [-0.2, -0.15) is 0 Å². The maximum Gasteiger partial charge on any atom is 0.226 e. The Hall–Kier alpha value is -1.84. The van der Waals surface area contributed by atoms with Crippen molar-refractivity contribution in [1.29, 1.82) is 0 Å². The van der Waals surface area contributed by atoms with Gasteiger partial charge in [0.05, 0.1) is 0 Å². The van der Waals surface area contributed by atoms with Crippen LogP contribution in [0.15, 0.2) is 36.4 Å². The third kappa shape index (κ3) is 2.87. The molecule has 1 heterocycles. The number of likely N-dealkylation sites (tertiary alicyclic amines) is 1. The fraction of sp³-hybridized carbons (Fsp3) is 0.526. The van der Waals surface area contributed by atoms with Crippen LogP contribution in [0.3, 0.4) is 0 Å². The van der Waals surface area contributed by atoms with Crippen LogP contribution in [0, 0.1) is 23.6 Å². The normalized spacial score (nSPS) is 30.0. The Balaban J connectivity index is 1.32. The van der Waals surface area contributed by atoms with E-state index < -0.39 is 0 Å². The number of piperidine rings is 1. The molecule has 3 atom stereocenters. The molecule has 3 nitrogen and oxygen atoms in total. The van der Waals surface area contributed by atoms with E-state index in [1.54, 1.807) is 18.2 Å². The van der Waals surface area contributed by atoms with Gasteiger partial charge in [0, 0.05) is 31.8 Å². The second-order valence-corrected chi connectivity index (χ2v) is 6.96. The summed E-state index contributed by atoms with van der Waals surface area (Å²) in [7, 11) is 0. The van der Waals surface area contributed by atoms with E-state index in [0.29, 0.717) is 23.5 Å². The van der Waals surface area contributed by atoms with Gasteiger partial charge in [0.15, 0.2) is 11.6 Å². The zero-order valence-electron chi connectivity index (χ0n) is 13.2. The van der Waals surface area contributed by atoms with E-state index in [2.05, 4.69) is 12.2 Å². The molecular formula is C19H22FNO2. The van der Waals surface area contributed by atoms with Crippen LogP contribution in [0.25, 0.3) is 0 Å². The number of hydrogen-bond acceptors (Lipinski definition) is 2. The summed E-state index contributed by atoms with van der Waals surface area (Å²) in [4.78, 5) is 14.7. The van der Waals surface area contributed by atoms with Crippen LogP contribution in [0.5, 0.6) is 5.75 Å². The largest absolute Gasteiger partial charge is 0.487 e. The maximum atomic E-state index is 13.6. The molecule has 4 heteroatoms. The first-order valence-corrected chi connectivity index (χ1v) is 8.59. The molecule has 0 unspecified atom stereocenters. The summed E-state index contributed by atoms with van der Waals surface area (Å²) < 4.78 is 19.4. The van der Waals surface area contributed by atoms with Crippen molar-refractivity contribution in [2.75, 3.05) is 13.1 Å². The summed E-state index contributed by atoms with van der Waals surface area (Å²) in [6, 6.07) is 6.51. The molecular weight excluding hydrogens is 293 g/mol. The number of ether oxygens (including phenoxy) is 1. The Morgan fingerprint density at radius 2 is 1.91 bits per heavy atom. The molecule has 2 aliphatic carbocycles. The van der Waals surface area contributed by atoms with Gasteiger partial charge in [0.2, 0.25) is 5.91 Å². The zero-order valence-corrected chi connectivity index (χ0v) is 13.2. The first-order valence-electron chi connectivity index (χ1n) is 8.59. The van der Waals surface area contributed by atoms with Crippen LogP contribution in [0.4, 0.5) is 4.39 Å². The maximum absolute atomic E-state index is 13.6. The number of carbonyl (C=O) groups excluding carboxylic acids is 1. The summed E-state index contributed by atoms with van der Waals surface area (Å²) in [5, 5.41) is 0. The minimum absolute atomic E-state index is 0.00382. The van der Waals surface area contributed by atoms with Crippen LogP contribution in [0.2, 0.25) is 0 Å². The second kappa shape index (κ2) is 5.99. The van der Waals surface area contributed by atoms with Crippen molar-refractivity contribution in [3.63, 3.8) is 0 Å². The van der Waals surface area contributed by atoms with Crippen molar-refractivity contribution in [1.82, 2.24) is 4.90 Å². The highest BCUT2D eigenvalue weighted by molar-refractivity contribution is 5.80. The standard InChI is InChI=1S/C19H22FNO2/c20-17-3-1-2-4-18(17)23-15-7-9-21(10-8-15)19(22)16-12-13-5-6-14(16)11-13/h1-6,13-16H,7-12H2/t13-,14+,16-/m1/s1. The Bertz CT molecular complexity index is 622. The van der Waals surface area contributed by atoms with Crippen molar-refractivity contribution in [2.45, 2.75) is 31.8 Å². The highest BCUT2D eigenvalue weighted by Crippen LogP contribution is 2.44. The molecule has 0 aromatic heterocycles. The Morgan fingerprint density at radius 3 is 2.57 bits per heavy atom. The monoisotopic (exact) mass is 315 g/mol. The van der Waals surface area contributed by atoms with Gasteiger partial charge in [-0.05, 0) is 36.8 Å². The summed E-state index contributed by atoms with van der Waals surface area (Å²) in [6.45, 7) is 1.44. The zero-order chi connectivity index (χ0) is 15.8. The van der Waals surface area contributed by atoms with Crippen LogP contribution in [0.1, 0.15) is 25.7 Å². The van der Waals surface area contributed by atoms with Crippen LogP contribution >= 0.6 is 0 Å². The van der Waals surface area contributed by atoms with Gasteiger partial charge in [0.1, 0.15) is 6.10 Å². The molecule has 23 heavy (non-hydrogen) atoms. The Morgan fingerprint density at radius 1 is 1.13 bits per heavy atom. The topological polar surface area (TPSA) is 29.5 Å². The molecule has 2 fully saturated rings. The number of benzene rings is 1. The van der Waals surface area contributed by atoms with E-state index in [0.717, 1.165) is 38.8 Å². The van der Waals surface area contributed by atoms with Crippen molar-refractivity contribution < 1.29 is 13.9 Å². The molecule has 2 bridgehead atoms. The number of para-hydroxylation sites is 1. The summed E-state index contributed by atoms with van der Waals surface area (Å²) in [5.41, 5.74) is 0. The molecule has 0 N–H and O–H groups in total. The quantitative estimate of drug-likeness (QED) is 0.800. The molecule has 1 aromatic rings. The van der Waals surface area contributed by atoms with Gasteiger partial charge in [0.25, 0.3) is 0 Å². The van der Waals surface area contributed by atoms with Gasteiger partial charge in [-0.3, -0.25) is 4.79 Å². The molecule has 3 aliphatic rings. The van der Waals surface area contributed by atoms with E-state index in [4.69, 9.17) is 4.74 Å². The van der Waals surface area contributed by atoms with Gasteiger partial charge in [-0.15, -0.1) is 0 Å². The summed E-state index contributed by atoms with van der Waals surface area (Å²) in [6.07, 6.45) is 8.21. The van der Waals surface area contributed by atoms with Crippen molar-refractivity contribution >= 4 is 5.91 Å². The predicted octanol–water partition coefficient (Wildman–Crippen LogP) is 3.41. The number of hydrogen-bond donors (Lipinski definition) is 0. The number of amides is 1. The van der Waals surface area contributed by atoms with Crippen LogP contribution in [-0.2, 0) is 4.79 Å². The second-order valence-electron chi connectivity index (χ2n) is 6.96. The average Bonchev–Trinajstić information content (AvgIpc) is 3.20. The van der Waals surface area contributed by atoms with Gasteiger partial charge < -0.3 is 9.64 Å². The SMILES string of the molecule is O=C([C@@H]1C[C@@H]2C=C[C@H]1C2)N1CCC(Oc2ccccc2F)CC1. The van der Waals surface area contributed by atoms with Gasteiger partial charge >= 0.3 is 0 Å². The predicted molar refractivity (Wildman–Crippen MR) is 85.5 cm³/mol. The minimum Gasteiger partial charge on any atom is -0.487 e.